The van der Waals surface area contributed by atoms with E-state index in [9.17, 15) is 17.2 Å². The Morgan fingerprint density at radius 3 is 2.48 bits per heavy atom. The number of hydrogen-bond donors (Lipinski definition) is 2. The highest BCUT2D eigenvalue weighted by Gasteiger charge is 2.28. The van der Waals surface area contributed by atoms with Gasteiger partial charge in [0.2, 0.25) is 9.84 Å². The molecule has 0 radical (unpaired) electrons. The van der Waals surface area contributed by atoms with Crippen molar-refractivity contribution >= 4 is 26.4 Å². The number of nitrogens with one attached hydrogen (secondary N) is 2. The van der Waals surface area contributed by atoms with Gasteiger partial charge in [-0.1, -0.05) is 30.3 Å². The number of aromatic nitrogens is 1. The lowest BCUT2D eigenvalue weighted by atomic mass is 10.2. The van der Waals surface area contributed by atoms with Crippen molar-refractivity contribution in [3.05, 3.63) is 60.3 Å². The van der Waals surface area contributed by atoms with Crippen LogP contribution in [0.4, 0.5) is 14.5 Å². The summed E-state index contributed by atoms with van der Waals surface area (Å²) in [6, 6.07) is 15.3. The first kappa shape index (κ1) is 15.5. The molecule has 2 N–H and O–H groups in total. The van der Waals surface area contributed by atoms with Crippen molar-refractivity contribution < 1.29 is 17.2 Å². The topological polar surface area (TPSA) is 62.0 Å². The Labute approximate surface area is 132 Å². The molecule has 0 aliphatic heterocycles. The zero-order valence-electron chi connectivity index (χ0n) is 12.0. The Kier molecular flexibility index (Phi) is 4.04. The van der Waals surface area contributed by atoms with E-state index in [1.807, 2.05) is 30.3 Å². The van der Waals surface area contributed by atoms with Gasteiger partial charge in [0.25, 0.3) is 0 Å². The molecule has 1 aromatic heterocycles. The second-order valence-electron chi connectivity index (χ2n) is 5.04. The van der Waals surface area contributed by atoms with E-state index in [2.05, 4.69) is 10.3 Å². The number of halogens is 2. The Morgan fingerprint density at radius 1 is 1.04 bits per heavy atom. The highest BCUT2D eigenvalue weighted by Crippen LogP contribution is 2.26. The largest absolute Gasteiger partial charge is 0.378 e. The molecule has 0 amide bonds. The predicted octanol–water partition coefficient (Wildman–Crippen LogP) is 3.78. The third-order valence-corrected chi connectivity index (χ3v) is 4.92. The van der Waals surface area contributed by atoms with Gasteiger partial charge < -0.3 is 10.3 Å². The molecule has 0 fully saturated rings. The van der Waals surface area contributed by atoms with Crippen LogP contribution in [0.25, 0.3) is 10.9 Å². The van der Waals surface area contributed by atoms with Gasteiger partial charge >= 0.3 is 5.76 Å². The van der Waals surface area contributed by atoms with Crippen LogP contribution in [-0.4, -0.2) is 19.2 Å². The molecule has 0 unspecified atom stereocenters. The molecule has 3 aromatic rings. The fourth-order valence-corrected chi connectivity index (χ4v) is 3.28. The number of aromatic amines is 1. The van der Waals surface area contributed by atoms with Crippen LogP contribution < -0.4 is 5.32 Å². The zero-order valence-corrected chi connectivity index (χ0v) is 12.8. The lowest BCUT2D eigenvalue weighted by Gasteiger charge is -2.11. The summed E-state index contributed by atoms with van der Waals surface area (Å²) >= 11 is 0. The Morgan fingerprint density at radius 2 is 1.74 bits per heavy atom. The molecule has 3 rings (SSSR count). The molecule has 7 heteroatoms. The van der Waals surface area contributed by atoms with E-state index in [1.165, 1.54) is 18.2 Å². The van der Waals surface area contributed by atoms with E-state index in [4.69, 9.17) is 0 Å². The molecular formula is C16H14F2N2O2S. The fraction of sp³-hybridized carbons (Fsp3) is 0.125. The Balaban J connectivity index is 1.86. The van der Waals surface area contributed by atoms with Crippen molar-refractivity contribution in [1.82, 2.24) is 4.98 Å². The van der Waals surface area contributed by atoms with Crippen molar-refractivity contribution in [2.75, 3.05) is 5.32 Å². The molecule has 2 aromatic carbocycles. The minimum atomic E-state index is -4.64. The number of sulfone groups is 1. The maximum absolute atomic E-state index is 12.8. The third kappa shape index (κ3) is 3.05. The van der Waals surface area contributed by atoms with Crippen molar-refractivity contribution in [2.45, 2.75) is 17.2 Å². The molecule has 120 valence electrons. The van der Waals surface area contributed by atoms with Crippen molar-refractivity contribution in [3.63, 3.8) is 0 Å². The first-order valence-corrected chi connectivity index (χ1v) is 8.45. The highest BCUT2D eigenvalue weighted by molar-refractivity contribution is 7.91. The fourth-order valence-electron chi connectivity index (χ4n) is 2.38. The number of alkyl halides is 2. The smallest absolute Gasteiger partial charge is 0.341 e. The van der Waals surface area contributed by atoms with Crippen LogP contribution in [0.15, 0.2) is 59.5 Å². The van der Waals surface area contributed by atoms with Crippen LogP contribution >= 0.6 is 0 Å². The predicted molar refractivity (Wildman–Crippen MR) is 85.3 cm³/mol. The molecule has 0 saturated carbocycles. The summed E-state index contributed by atoms with van der Waals surface area (Å²) in [5.41, 5.74) is 1.94. The van der Waals surface area contributed by atoms with Crippen molar-refractivity contribution in [2.24, 2.45) is 0 Å². The zero-order chi connectivity index (χ0) is 16.4. The molecular weight excluding hydrogens is 322 g/mol. The summed E-state index contributed by atoms with van der Waals surface area (Å²) in [4.78, 5) is 2.79. The van der Waals surface area contributed by atoms with Gasteiger partial charge in [-0.05, 0) is 29.7 Å². The van der Waals surface area contributed by atoms with E-state index in [1.54, 1.807) is 6.07 Å². The van der Waals surface area contributed by atoms with E-state index in [-0.39, 0.29) is 5.69 Å². The molecule has 0 aliphatic carbocycles. The van der Waals surface area contributed by atoms with Crippen LogP contribution in [0.2, 0.25) is 0 Å². The van der Waals surface area contributed by atoms with Gasteiger partial charge in [-0.3, -0.25) is 0 Å². The maximum atomic E-state index is 12.8. The Hall–Kier alpha value is -2.41. The molecule has 0 aliphatic rings. The molecule has 0 atom stereocenters. The average Bonchev–Trinajstić information content (AvgIpc) is 2.96. The molecule has 0 spiro atoms. The van der Waals surface area contributed by atoms with Gasteiger partial charge in [0.1, 0.15) is 0 Å². The first-order chi connectivity index (χ1) is 11.0. The molecule has 1 heterocycles. The summed E-state index contributed by atoms with van der Waals surface area (Å²) < 4.78 is 48.9. The lowest BCUT2D eigenvalue weighted by Crippen LogP contribution is -2.14. The SMILES string of the molecule is O=S(=O)(c1ccccc1NCc1cc2ccccc2[nH]1)C(F)F. The number of rotatable bonds is 5. The molecule has 4 nitrogen and oxygen atoms in total. The van der Waals surface area contributed by atoms with E-state index < -0.39 is 20.5 Å². The molecule has 23 heavy (non-hydrogen) atoms. The molecule has 0 saturated heterocycles. The summed E-state index contributed by atoms with van der Waals surface area (Å²) in [7, 11) is -4.64. The standard InChI is InChI=1S/C16H14F2N2O2S/c17-16(18)23(21,22)15-8-4-3-7-14(15)19-10-12-9-11-5-1-2-6-13(11)20-12/h1-9,16,19-20H,10H2. The maximum Gasteiger partial charge on any atom is 0.341 e. The van der Waals surface area contributed by atoms with Crippen molar-refractivity contribution in [1.29, 1.82) is 0 Å². The summed E-state index contributed by atoms with van der Waals surface area (Å²) in [5.74, 6) is -3.45. The lowest BCUT2D eigenvalue weighted by molar-refractivity contribution is 0.235. The van der Waals surface area contributed by atoms with Crippen LogP contribution in [0, 0.1) is 0 Å². The number of benzene rings is 2. The average molecular weight is 336 g/mol. The van der Waals surface area contributed by atoms with Gasteiger partial charge in [-0.15, -0.1) is 0 Å². The minimum absolute atomic E-state index is 0.159. The molecule has 0 bridgehead atoms. The quantitative estimate of drug-likeness (QED) is 0.745. The number of anilines is 1. The summed E-state index contributed by atoms with van der Waals surface area (Å²) in [6.07, 6.45) is 0. The second-order valence-corrected chi connectivity index (χ2v) is 6.92. The number of fused-ring (bicyclic) bond motifs is 1. The summed E-state index contributed by atoms with van der Waals surface area (Å²) in [5, 5.41) is 3.93. The van der Waals surface area contributed by atoms with E-state index in [0.717, 1.165) is 16.6 Å². The normalized spacial score (nSPS) is 12.0. The second kappa shape index (κ2) is 6.00. The number of para-hydroxylation sites is 2. The van der Waals surface area contributed by atoms with Crippen LogP contribution in [0.3, 0.4) is 0 Å². The Bertz CT molecular complexity index is 903. The van der Waals surface area contributed by atoms with Gasteiger partial charge in [0.15, 0.2) is 0 Å². The highest BCUT2D eigenvalue weighted by atomic mass is 32.2. The van der Waals surface area contributed by atoms with Crippen molar-refractivity contribution in [3.8, 4) is 0 Å². The van der Waals surface area contributed by atoms with Gasteiger partial charge in [-0.25, -0.2) is 8.42 Å². The van der Waals surface area contributed by atoms with Gasteiger partial charge in [0, 0.05) is 11.2 Å². The van der Waals surface area contributed by atoms with Crippen LogP contribution in [0.1, 0.15) is 5.69 Å². The van der Waals surface area contributed by atoms with E-state index in [0.29, 0.717) is 6.54 Å². The van der Waals surface area contributed by atoms with Crippen LogP contribution in [-0.2, 0) is 16.4 Å². The first-order valence-electron chi connectivity index (χ1n) is 6.90. The van der Waals surface area contributed by atoms with Gasteiger partial charge in [0.05, 0.1) is 17.1 Å². The third-order valence-electron chi connectivity index (χ3n) is 3.48. The van der Waals surface area contributed by atoms with E-state index >= 15 is 0 Å². The monoisotopic (exact) mass is 336 g/mol. The number of hydrogen-bond acceptors (Lipinski definition) is 3. The summed E-state index contributed by atoms with van der Waals surface area (Å²) in [6.45, 7) is 0.296. The van der Waals surface area contributed by atoms with Gasteiger partial charge in [-0.2, -0.15) is 8.78 Å². The number of H-pyrrole nitrogens is 1. The van der Waals surface area contributed by atoms with Crippen LogP contribution in [0.5, 0.6) is 0 Å². The minimum Gasteiger partial charge on any atom is -0.378 e.